The lowest BCUT2D eigenvalue weighted by atomic mass is 10.1. The summed E-state index contributed by atoms with van der Waals surface area (Å²) in [5.41, 5.74) is 6.70. The molecular formula is C24H22ClF3N2O5S. The summed E-state index contributed by atoms with van der Waals surface area (Å²) in [5, 5.41) is 8.89. The highest BCUT2D eigenvalue weighted by molar-refractivity contribution is 7.12. The Labute approximate surface area is 214 Å². The van der Waals surface area contributed by atoms with E-state index in [1.54, 1.807) is 42.5 Å². The molecule has 1 aromatic heterocycles. The number of halogens is 4. The largest absolute Gasteiger partial charge is 0.489 e. The Morgan fingerprint density at radius 3 is 2.56 bits per heavy atom. The van der Waals surface area contributed by atoms with Crippen LogP contribution in [-0.2, 0) is 22.4 Å². The van der Waals surface area contributed by atoms with Crippen LogP contribution >= 0.6 is 23.7 Å². The number of benzene rings is 2. The molecule has 0 spiro atoms. The van der Waals surface area contributed by atoms with Crippen molar-refractivity contribution < 1.29 is 37.3 Å². The fourth-order valence-electron chi connectivity index (χ4n) is 3.71. The molecule has 0 saturated heterocycles. The molecule has 0 fully saturated rings. The first kappa shape index (κ1) is 27.3. The van der Waals surface area contributed by atoms with Crippen molar-refractivity contribution in [3.63, 3.8) is 0 Å². The molecule has 0 aliphatic carbocycles. The number of amides is 1. The first-order valence-electron chi connectivity index (χ1n) is 10.6. The van der Waals surface area contributed by atoms with Crippen molar-refractivity contribution in [1.29, 1.82) is 0 Å². The van der Waals surface area contributed by atoms with Gasteiger partial charge in [-0.2, -0.15) is 13.2 Å². The lowest BCUT2D eigenvalue weighted by Crippen LogP contribution is -2.48. The maximum absolute atomic E-state index is 13.6. The van der Waals surface area contributed by atoms with Crippen molar-refractivity contribution in [3.05, 3.63) is 64.4 Å². The van der Waals surface area contributed by atoms with Gasteiger partial charge >= 0.3 is 12.1 Å². The lowest BCUT2D eigenvalue weighted by molar-refractivity contribution is -0.139. The van der Waals surface area contributed by atoms with Crippen LogP contribution in [0.15, 0.2) is 54.6 Å². The van der Waals surface area contributed by atoms with Crippen molar-refractivity contribution in [3.8, 4) is 22.6 Å². The second kappa shape index (κ2) is 11.2. The minimum Gasteiger partial charge on any atom is -0.489 e. The van der Waals surface area contributed by atoms with Gasteiger partial charge in [-0.3, -0.25) is 9.59 Å². The van der Waals surface area contributed by atoms with E-state index in [-0.39, 0.29) is 37.7 Å². The quantitative estimate of drug-likeness (QED) is 0.437. The number of nitrogens with two attached hydrogens (primary N) is 1. The number of carboxylic acids is 1. The molecule has 12 heteroatoms. The Balaban J connectivity index is 0.00000361. The van der Waals surface area contributed by atoms with Gasteiger partial charge in [0.25, 0.3) is 0 Å². The zero-order chi connectivity index (χ0) is 25.2. The van der Waals surface area contributed by atoms with Gasteiger partial charge in [0.05, 0.1) is 24.7 Å². The van der Waals surface area contributed by atoms with E-state index >= 15 is 0 Å². The van der Waals surface area contributed by atoms with Crippen LogP contribution < -0.4 is 20.1 Å². The molecule has 36 heavy (non-hydrogen) atoms. The zero-order valence-corrected chi connectivity index (χ0v) is 20.3. The van der Waals surface area contributed by atoms with Crippen LogP contribution in [0, 0.1) is 0 Å². The molecule has 192 valence electrons. The van der Waals surface area contributed by atoms with Crippen LogP contribution in [0.2, 0.25) is 0 Å². The number of alkyl halides is 3. The number of nitrogens with zero attached hydrogens (tertiary/aromatic N) is 1. The number of hydrogen-bond donors (Lipinski definition) is 2. The van der Waals surface area contributed by atoms with Crippen LogP contribution in [0.5, 0.6) is 11.5 Å². The van der Waals surface area contributed by atoms with Gasteiger partial charge in [0.2, 0.25) is 5.91 Å². The summed E-state index contributed by atoms with van der Waals surface area (Å²) in [6, 6.07) is 13.3. The summed E-state index contributed by atoms with van der Waals surface area (Å²) in [4.78, 5) is 24.5. The van der Waals surface area contributed by atoms with Gasteiger partial charge in [-0.25, -0.2) is 0 Å². The second-order valence-corrected chi connectivity index (χ2v) is 8.92. The normalized spacial score (nSPS) is 13.7. The molecule has 1 amide bonds. The van der Waals surface area contributed by atoms with E-state index < -0.39 is 35.4 Å². The topological polar surface area (TPSA) is 102 Å². The van der Waals surface area contributed by atoms with Crippen LogP contribution in [-0.4, -0.2) is 36.2 Å². The summed E-state index contributed by atoms with van der Waals surface area (Å²) in [7, 11) is 0. The van der Waals surface area contributed by atoms with Gasteiger partial charge in [0.15, 0.2) is 0 Å². The predicted molar refractivity (Wildman–Crippen MR) is 131 cm³/mol. The molecule has 0 saturated carbocycles. The van der Waals surface area contributed by atoms with Crippen LogP contribution in [0.1, 0.15) is 16.2 Å². The number of carbonyl (C=O) groups excluding carboxylic acids is 1. The number of aliphatic carboxylic acids is 1. The third-order valence-electron chi connectivity index (χ3n) is 5.28. The smallest absolute Gasteiger partial charge is 0.426 e. The Morgan fingerprint density at radius 2 is 1.89 bits per heavy atom. The van der Waals surface area contributed by atoms with Crippen molar-refractivity contribution >= 4 is 41.3 Å². The van der Waals surface area contributed by atoms with Crippen LogP contribution in [0.3, 0.4) is 0 Å². The first-order chi connectivity index (χ1) is 16.6. The molecule has 7 nitrogen and oxygen atoms in total. The van der Waals surface area contributed by atoms with E-state index in [1.165, 1.54) is 17.0 Å². The van der Waals surface area contributed by atoms with E-state index in [9.17, 15) is 22.8 Å². The molecule has 3 N–H and O–H groups in total. The highest BCUT2D eigenvalue weighted by atomic mass is 35.5. The maximum Gasteiger partial charge on any atom is 0.426 e. The monoisotopic (exact) mass is 542 g/mol. The minimum absolute atomic E-state index is 0. The molecule has 4 rings (SSSR count). The average molecular weight is 543 g/mol. The number of anilines is 1. The summed E-state index contributed by atoms with van der Waals surface area (Å²) in [6.45, 7) is 0.283. The van der Waals surface area contributed by atoms with E-state index in [0.29, 0.717) is 39.0 Å². The molecular weight excluding hydrogens is 521 g/mol. The van der Waals surface area contributed by atoms with Gasteiger partial charge in [-0.05, 0) is 23.8 Å². The fourth-order valence-corrected chi connectivity index (χ4v) is 4.66. The summed E-state index contributed by atoms with van der Waals surface area (Å²) < 4.78 is 52.2. The standard InChI is InChI=1S/C24H21F3N2O5S.ClH/c25-24(26,27)22-17(14-4-2-1-3-5-14)11-16(35-22)13-34-15-6-7-19-20(10-15)33-9-8-29(19)23(32)18(28)12-21(30)31;/h1-7,10-11,18H,8-9,12-13,28H2,(H,30,31);1H/t18-;/m1./s1. The Kier molecular flexibility index (Phi) is 8.49. The zero-order valence-electron chi connectivity index (χ0n) is 18.7. The summed E-state index contributed by atoms with van der Waals surface area (Å²) >= 11 is 0.626. The second-order valence-electron chi connectivity index (χ2n) is 7.78. The number of thiophene rings is 1. The summed E-state index contributed by atoms with van der Waals surface area (Å²) in [5.74, 6) is -1.05. The third-order valence-corrected chi connectivity index (χ3v) is 6.43. The van der Waals surface area contributed by atoms with Crippen molar-refractivity contribution in [2.24, 2.45) is 5.73 Å². The molecule has 2 heterocycles. The van der Waals surface area contributed by atoms with Gasteiger partial charge in [0.1, 0.15) is 29.6 Å². The van der Waals surface area contributed by atoms with Gasteiger partial charge < -0.3 is 25.2 Å². The minimum atomic E-state index is -4.49. The molecule has 3 aromatic rings. The molecule has 1 atom stereocenters. The van der Waals surface area contributed by atoms with Crippen molar-refractivity contribution in [1.82, 2.24) is 0 Å². The van der Waals surface area contributed by atoms with Crippen molar-refractivity contribution in [2.75, 3.05) is 18.1 Å². The number of fused-ring (bicyclic) bond motifs is 1. The van der Waals surface area contributed by atoms with Crippen molar-refractivity contribution in [2.45, 2.75) is 25.2 Å². The number of rotatable bonds is 7. The SMILES string of the molecule is Cl.N[C@H](CC(=O)O)C(=O)N1CCOc2cc(OCc3cc(-c4ccccc4)c(C(F)(F)F)s3)ccc21. The Morgan fingerprint density at radius 1 is 1.17 bits per heavy atom. The molecule has 0 bridgehead atoms. The van der Waals surface area contributed by atoms with E-state index in [0.717, 1.165) is 0 Å². The highest BCUT2D eigenvalue weighted by Crippen LogP contribution is 2.43. The van der Waals surface area contributed by atoms with Crippen LogP contribution in [0.25, 0.3) is 11.1 Å². The molecule has 0 radical (unpaired) electrons. The lowest BCUT2D eigenvalue weighted by Gasteiger charge is -2.31. The van der Waals surface area contributed by atoms with E-state index in [1.807, 2.05) is 0 Å². The number of hydrogen-bond acceptors (Lipinski definition) is 6. The highest BCUT2D eigenvalue weighted by Gasteiger charge is 2.36. The van der Waals surface area contributed by atoms with Crippen LogP contribution in [0.4, 0.5) is 18.9 Å². The van der Waals surface area contributed by atoms with Gasteiger partial charge in [-0.15, -0.1) is 23.7 Å². The maximum atomic E-state index is 13.6. The van der Waals surface area contributed by atoms with E-state index in [4.69, 9.17) is 20.3 Å². The molecule has 2 aromatic carbocycles. The first-order valence-corrected chi connectivity index (χ1v) is 11.4. The summed E-state index contributed by atoms with van der Waals surface area (Å²) in [6.07, 6.45) is -5.00. The molecule has 0 unspecified atom stereocenters. The number of carbonyl (C=O) groups is 2. The number of ether oxygens (including phenoxy) is 2. The Hall–Kier alpha value is -3.28. The van der Waals surface area contributed by atoms with E-state index in [2.05, 4.69) is 0 Å². The number of carboxylic acid groups (broad SMARTS) is 1. The fraction of sp³-hybridized carbons (Fsp3) is 0.250. The average Bonchev–Trinajstić information content (AvgIpc) is 3.27. The third kappa shape index (κ3) is 6.10. The van der Waals surface area contributed by atoms with Gasteiger partial charge in [-0.1, -0.05) is 30.3 Å². The molecule has 1 aliphatic heterocycles. The van der Waals surface area contributed by atoms with Gasteiger partial charge in [0, 0.05) is 16.5 Å². The Bertz CT molecular complexity index is 1240. The molecule has 1 aliphatic rings. The predicted octanol–water partition coefficient (Wildman–Crippen LogP) is 4.96.